The maximum absolute atomic E-state index is 8.74. The summed E-state index contributed by atoms with van der Waals surface area (Å²) >= 11 is 3.23. The van der Waals surface area contributed by atoms with Crippen LogP contribution in [0.2, 0.25) is 36.3 Å². The van der Waals surface area contributed by atoms with Crippen LogP contribution in [0.5, 0.6) is 5.75 Å². The monoisotopic (exact) mass is 418 g/mol. The van der Waals surface area contributed by atoms with E-state index in [4.69, 9.17) is 9.22 Å². The lowest BCUT2D eigenvalue weighted by atomic mass is 10.2. The van der Waals surface area contributed by atoms with Crippen molar-refractivity contribution in [3.05, 3.63) is 28.7 Å². The zero-order valence-corrected chi connectivity index (χ0v) is 20.1. The van der Waals surface area contributed by atoms with Crippen molar-refractivity contribution in [1.29, 1.82) is 0 Å². The van der Waals surface area contributed by atoms with Gasteiger partial charge in [0, 0.05) is 4.47 Å². The molecule has 0 saturated carbocycles. The van der Waals surface area contributed by atoms with E-state index in [9.17, 15) is 0 Å². The van der Waals surface area contributed by atoms with Crippen LogP contribution in [-0.4, -0.2) is 21.7 Å². The summed E-state index contributed by atoms with van der Waals surface area (Å²) in [6.07, 6.45) is 0. The molecule has 0 spiro atoms. The van der Waals surface area contributed by atoms with Gasteiger partial charge in [-0.1, -0.05) is 57.5 Å². The molecule has 0 amide bonds. The summed E-state index contributed by atoms with van der Waals surface area (Å²) in [5.74, 6) is 0.299. The molecular weight excluding hydrogens is 384 g/mol. The van der Waals surface area contributed by atoms with Gasteiger partial charge in [-0.3, -0.25) is 0 Å². The van der Waals surface area contributed by atoms with Crippen molar-refractivity contribution in [2.45, 2.75) is 77.8 Å². The molecule has 0 aliphatic rings. The summed E-state index contributed by atoms with van der Waals surface area (Å²) in [6.45, 7) is 23.3. The second kappa shape index (κ2) is 7.85. The number of rotatable bonds is 2. The van der Waals surface area contributed by atoms with Gasteiger partial charge in [0.05, 0.1) is 0 Å². The normalized spacial score (nSPS) is 13.3. The Bertz CT molecular complexity index is 438. The Hall–Kier alpha value is -0.106. The van der Waals surface area contributed by atoms with E-state index in [0.29, 0.717) is 15.8 Å². The lowest BCUT2D eigenvalue weighted by Crippen LogP contribution is -2.53. The molecule has 0 radical (unpaired) electrons. The Kier molecular flexibility index (Phi) is 7.81. The Balaban J connectivity index is 0.000000502. The number of halogens is 1. The average Bonchev–Trinajstić information content (AvgIpc) is 2.29. The topological polar surface area (TPSA) is 29.5 Å². The molecule has 1 rings (SSSR count). The molecule has 2 nitrogen and oxygen atoms in total. The lowest BCUT2D eigenvalue weighted by molar-refractivity contribution is 0.449. The van der Waals surface area contributed by atoms with Crippen LogP contribution in [0, 0.1) is 0 Å². The van der Waals surface area contributed by atoms with E-state index >= 15 is 0 Å². The SMILES string of the molecule is CC(C)(C)[Si](C)(C)O[Si](C)(C)C(C)(C)C.Oc1ccc(Br)cc1. The van der Waals surface area contributed by atoms with E-state index in [-0.39, 0.29) is 0 Å². The number of phenols is 1. The fraction of sp³-hybridized carbons (Fsp3) is 0.667. The first-order valence-corrected chi connectivity index (χ1v) is 14.8. The lowest BCUT2D eigenvalue weighted by Gasteiger charge is -2.47. The van der Waals surface area contributed by atoms with Gasteiger partial charge in [0.25, 0.3) is 0 Å². The summed E-state index contributed by atoms with van der Waals surface area (Å²) in [4.78, 5) is 0. The molecule has 0 fully saturated rings. The molecule has 0 bridgehead atoms. The van der Waals surface area contributed by atoms with Gasteiger partial charge in [-0.15, -0.1) is 0 Å². The van der Waals surface area contributed by atoms with Crippen LogP contribution in [0.25, 0.3) is 0 Å². The minimum Gasteiger partial charge on any atom is -0.508 e. The Morgan fingerprint density at radius 1 is 0.783 bits per heavy atom. The Morgan fingerprint density at radius 3 is 1.30 bits per heavy atom. The molecule has 0 unspecified atom stereocenters. The van der Waals surface area contributed by atoms with Gasteiger partial charge in [0.1, 0.15) is 5.75 Å². The van der Waals surface area contributed by atoms with E-state index in [2.05, 4.69) is 83.7 Å². The Labute approximate surface area is 154 Å². The highest BCUT2D eigenvalue weighted by molar-refractivity contribution is 9.10. The molecule has 0 aromatic heterocycles. The molecule has 0 heterocycles. The second-order valence-electron chi connectivity index (χ2n) is 9.10. The molecule has 1 aromatic carbocycles. The highest BCUT2D eigenvalue weighted by atomic mass is 79.9. The van der Waals surface area contributed by atoms with Crippen molar-refractivity contribution in [2.24, 2.45) is 0 Å². The zero-order valence-electron chi connectivity index (χ0n) is 16.5. The smallest absolute Gasteiger partial charge is 0.178 e. The fourth-order valence-electron chi connectivity index (χ4n) is 1.39. The summed E-state index contributed by atoms with van der Waals surface area (Å²) in [6, 6.07) is 6.83. The minimum absolute atomic E-state index is 0.299. The molecule has 1 aromatic rings. The van der Waals surface area contributed by atoms with Crippen LogP contribution in [0.15, 0.2) is 28.7 Å². The van der Waals surface area contributed by atoms with E-state index in [0.717, 1.165) is 4.47 Å². The van der Waals surface area contributed by atoms with Crippen LogP contribution in [-0.2, 0) is 4.12 Å². The molecule has 0 saturated heterocycles. The average molecular weight is 420 g/mol. The molecule has 0 atom stereocenters. The van der Waals surface area contributed by atoms with Crippen LogP contribution in [0.4, 0.5) is 0 Å². The third-order valence-corrected chi connectivity index (χ3v) is 16.8. The zero-order chi connectivity index (χ0) is 18.7. The van der Waals surface area contributed by atoms with Gasteiger partial charge in [-0.05, 0) is 60.5 Å². The predicted molar refractivity (Wildman–Crippen MR) is 111 cm³/mol. The Morgan fingerprint density at radius 2 is 1.09 bits per heavy atom. The van der Waals surface area contributed by atoms with Crippen LogP contribution >= 0.6 is 15.9 Å². The van der Waals surface area contributed by atoms with E-state index < -0.39 is 16.6 Å². The number of hydrogen-bond donors (Lipinski definition) is 1. The third kappa shape index (κ3) is 7.54. The maximum atomic E-state index is 8.74. The van der Waals surface area contributed by atoms with Crippen LogP contribution in [0.3, 0.4) is 0 Å². The quantitative estimate of drug-likeness (QED) is 0.515. The maximum Gasteiger partial charge on any atom is 0.178 e. The van der Waals surface area contributed by atoms with Crippen LogP contribution in [0.1, 0.15) is 41.5 Å². The number of aromatic hydroxyl groups is 1. The third-order valence-electron chi connectivity index (χ3n) is 4.95. The van der Waals surface area contributed by atoms with E-state index in [1.54, 1.807) is 24.3 Å². The van der Waals surface area contributed by atoms with Crippen molar-refractivity contribution in [3.63, 3.8) is 0 Å². The molecule has 134 valence electrons. The van der Waals surface area contributed by atoms with E-state index in [1.807, 2.05) is 0 Å². The fourth-order valence-corrected chi connectivity index (χ4v) is 9.20. The van der Waals surface area contributed by atoms with Crippen molar-refractivity contribution in [3.8, 4) is 5.75 Å². The van der Waals surface area contributed by atoms with Gasteiger partial charge >= 0.3 is 0 Å². The molecule has 0 aliphatic carbocycles. The molecule has 1 N–H and O–H groups in total. The van der Waals surface area contributed by atoms with Crippen molar-refractivity contribution < 1.29 is 9.22 Å². The first-order chi connectivity index (χ1) is 9.99. The highest BCUT2D eigenvalue weighted by Crippen LogP contribution is 2.44. The first kappa shape index (κ1) is 22.9. The standard InChI is InChI=1S/C12H30OSi2.C6H5BrO/c1-11(2,3)14(7,8)13-15(9,10)12(4,5)6;7-5-1-3-6(8)4-2-5/h1-10H3;1-4,8H. The van der Waals surface area contributed by atoms with Crippen molar-refractivity contribution in [2.75, 3.05) is 0 Å². The summed E-state index contributed by atoms with van der Waals surface area (Å²) in [5, 5.41) is 9.38. The van der Waals surface area contributed by atoms with Crippen molar-refractivity contribution in [1.82, 2.24) is 0 Å². The predicted octanol–water partition coefficient (Wildman–Crippen LogP) is 7.17. The molecule has 5 heteroatoms. The summed E-state index contributed by atoms with van der Waals surface area (Å²) in [7, 11) is -3.18. The van der Waals surface area contributed by atoms with Gasteiger partial charge in [0.15, 0.2) is 16.6 Å². The van der Waals surface area contributed by atoms with Crippen LogP contribution < -0.4 is 0 Å². The molecule has 23 heavy (non-hydrogen) atoms. The molecule has 0 aliphatic heterocycles. The van der Waals surface area contributed by atoms with E-state index in [1.165, 1.54) is 0 Å². The van der Waals surface area contributed by atoms with Gasteiger partial charge < -0.3 is 9.22 Å². The number of benzene rings is 1. The number of hydrogen-bond acceptors (Lipinski definition) is 2. The molecular formula is C18H35BrO2Si2. The minimum atomic E-state index is -1.59. The summed E-state index contributed by atoms with van der Waals surface area (Å²) in [5.41, 5.74) is 0. The number of phenolic OH excluding ortho intramolecular Hbond substituents is 1. The second-order valence-corrected chi connectivity index (χ2v) is 19.9. The first-order valence-electron chi connectivity index (χ1n) is 8.14. The van der Waals surface area contributed by atoms with Gasteiger partial charge in [-0.2, -0.15) is 0 Å². The largest absolute Gasteiger partial charge is 0.508 e. The van der Waals surface area contributed by atoms with Gasteiger partial charge in [-0.25, -0.2) is 0 Å². The summed E-state index contributed by atoms with van der Waals surface area (Å²) < 4.78 is 7.61. The highest BCUT2D eigenvalue weighted by Gasteiger charge is 2.46. The van der Waals surface area contributed by atoms with Gasteiger partial charge in [0.2, 0.25) is 0 Å². The van der Waals surface area contributed by atoms with Crippen molar-refractivity contribution >= 4 is 32.6 Å².